The average molecular weight is 405 g/mol. The number of carbonyl (C=O) groups is 1. The van der Waals surface area contributed by atoms with E-state index in [1.54, 1.807) is 27.8 Å². The van der Waals surface area contributed by atoms with Gasteiger partial charge in [-0.1, -0.05) is 23.4 Å². The number of hydrogen-bond acceptors (Lipinski definition) is 8. The molecule has 4 aromatic rings. The molecule has 152 valence electrons. The Bertz CT molecular complexity index is 1300. The fourth-order valence-electron chi connectivity index (χ4n) is 3.73. The van der Waals surface area contributed by atoms with E-state index in [1.807, 2.05) is 19.1 Å². The normalized spacial score (nSPS) is 14.6. The average Bonchev–Trinajstić information content (AvgIpc) is 3.21. The van der Waals surface area contributed by atoms with Gasteiger partial charge in [0, 0.05) is 38.1 Å². The largest absolute Gasteiger partial charge is 0.422 e. The molecule has 0 radical (unpaired) electrons. The molecule has 0 unspecified atom stereocenters. The van der Waals surface area contributed by atoms with E-state index < -0.39 is 5.63 Å². The van der Waals surface area contributed by atoms with Crippen LogP contribution in [0.5, 0.6) is 0 Å². The molecule has 0 bridgehead atoms. The number of para-hydroxylation sites is 1. The fraction of sp³-hybridized carbons (Fsp3) is 0.300. The van der Waals surface area contributed by atoms with Crippen LogP contribution in [0.4, 0.5) is 5.82 Å². The van der Waals surface area contributed by atoms with Crippen molar-refractivity contribution >= 4 is 33.9 Å². The molecule has 5 rings (SSSR count). The molecule has 1 aromatic carbocycles. The lowest BCUT2D eigenvalue weighted by atomic mass is 10.1. The summed E-state index contributed by atoms with van der Waals surface area (Å²) in [6, 6.07) is 8.76. The van der Waals surface area contributed by atoms with Crippen LogP contribution in [0.2, 0.25) is 0 Å². The van der Waals surface area contributed by atoms with Gasteiger partial charge in [-0.2, -0.15) is 0 Å². The zero-order chi connectivity index (χ0) is 20.7. The summed E-state index contributed by atoms with van der Waals surface area (Å²) < 4.78 is 7.03. The lowest BCUT2D eigenvalue weighted by Gasteiger charge is -2.35. The lowest BCUT2D eigenvalue weighted by Crippen LogP contribution is -2.49. The molecule has 0 N–H and O–H groups in total. The first kappa shape index (κ1) is 18.2. The van der Waals surface area contributed by atoms with Crippen molar-refractivity contribution in [3.8, 4) is 0 Å². The van der Waals surface area contributed by atoms with Crippen molar-refractivity contribution in [3.63, 3.8) is 0 Å². The fourth-order valence-corrected chi connectivity index (χ4v) is 3.73. The summed E-state index contributed by atoms with van der Waals surface area (Å²) in [5.74, 6) is 0.385. The topological polar surface area (TPSA) is 110 Å². The molecule has 1 aliphatic rings. The van der Waals surface area contributed by atoms with Crippen LogP contribution in [0.3, 0.4) is 0 Å². The van der Waals surface area contributed by atoms with E-state index in [2.05, 4.69) is 25.2 Å². The van der Waals surface area contributed by atoms with Crippen LogP contribution in [-0.4, -0.2) is 61.9 Å². The Balaban J connectivity index is 1.36. The van der Waals surface area contributed by atoms with Crippen molar-refractivity contribution in [1.29, 1.82) is 0 Å². The van der Waals surface area contributed by atoms with Gasteiger partial charge >= 0.3 is 5.63 Å². The number of nitrogens with zero attached hydrogens (tertiary/aromatic N) is 7. The summed E-state index contributed by atoms with van der Waals surface area (Å²) in [6.45, 7) is 4.69. The SMILES string of the molecule is CCn1nnc2c(N3CCN(C(=O)c4cc5ccccc5oc4=O)CC3)ncnc21. The first-order valence-electron chi connectivity index (χ1n) is 9.77. The van der Waals surface area contributed by atoms with Crippen LogP contribution >= 0.6 is 0 Å². The Morgan fingerprint density at radius 1 is 1.13 bits per heavy atom. The second kappa shape index (κ2) is 7.21. The Morgan fingerprint density at radius 2 is 1.93 bits per heavy atom. The summed E-state index contributed by atoms with van der Waals surface area (Å²) >= 11 is 0. The van der Waals surface area contributed by atoms with Crippen LogP contribution in [0.25, 0.3) is 22.1 Å². The van der Waals surface area contributed by atoms with Gasteiger partial charge in [-0.05, 0) is 19.1 Å². The van der Waals surface area contributed by atoms with Gasteiger partial charge in [0.2, 0.25) is 0 Å². The zero-order valence-corrected chi connectivity index (χ0v) is 16.4. The van der Waals surface area contributed by atoms with Gasteiger partial charge in [0.05, 0.1) is 0 Å². The number of aromatic nitrogens is 5. The van der Waals surface area contributed by atoms with Gasteiger partial charge in [0.25, 0.3) is 5.91 Å². The van der Waals surface area contributed by atoms with E-state index >= 15 is 0 Å². The summed E-state index contributed by atoms with van der Waals surface area (Å²) in [4.78, 5) is 37.7. The highest BCUT2D eigenvalue weighted by atomic mass is 16.4. The minimum Gasteiger partial charge on any atom is -0.422 e. The summed E-state index contributed by atoms with van der Waals surface area (Å²) in [6.07, 6.45) is 1.50. The smallest absolute Gasteiger partial charge is 0.349 e. The van der Waals surface area contributed by atoms with Gasteiger partial charge in [0.15, 0.2) is 17.0 Å². The van der Waals surface area contributed by atoms with E-state index in [4.69, 9.17) is 4.42 Å². The van der Waals surface area contributed by atoms with E-state index in [-0.39, 0.29) is 11.5 Å². The predicted molar refractivity (Wildman–Crippen MR) is 109 cm³/mol. The van der Waals surface area contributed by atoms with Gasteiger partial charge in [-0.15, -0.1) is 5.10 Å². The Hall–Kier alpha value is -3.82. The number of hydrogen-bond donors (Lipinski definition) is 0. The number of fused-ring (bicyclic) bond motifs is 2. The molecule has 10 nitrogen and oxygen atoms in total. The highest BCUT2D eigenvalue weighted by Crippen LogP contribution is 2.22. The van der Waals surface area contributed by atoms with Crippen LogP contribution in [0.1, 0.15) is 17.3 Å². The summed E-state index contributed by atoms with van der Waals surface area (Å²) in [5, 5.41) is 9.06. The Labute approximate surface area is 170 Å². The maximum absolute atomic E-state index is 13.0. The Morgan fingerprint density at radius 3 is 2.73 bits per heavy atom. The van der Waals surface area contributed by atoms with Crippen LogP contribution < -0.4 is 10.5 Å². The van der Waals surface area contributed by atoms with Gasteiger partial charge in [-0.25, -0.2) is 19.4 Å². The number of piperazine rings is 1. The lowest BCUT2D eigenvalue weighted by molar-refractivity contribution is 0.0742. The number of amides is 1. The van der Waals surface area contributed by atoms with Gasteiger partial charge in [-0.3, -0.25) is 4.79 Å². The molecule has 0 aliphatic carbocycles. The number of aryl methyl sites for hydroxylation is 1. The highest BCUT2D eigenvalue weighted by Gasteiger charge is 2.27. The van der Waals surface area contributed by atoms with Crippen molar-refractivity contribution < 1.29 is 9.21 Å². The molecule has 3 aromatic heterocycles. The number of carbonyl (C=O) groups excluding carboxylic acids is 1. The number of rotatable bonds is 3. The highest BCUT2D eigenvalue weighted by molar-refractivity contribution is 5.96. The summed E-state index contributed by atoms with van der Waals surface area (Å²) in [5.41, 5.74) is 1.24. The monoisotopic (exact) mass is 405 g/mol. The molecule has 10 heteroatoms. The molecule has 30 heavy (non-hydrogen) atoms. The maximum Gasteiger partial charge on any atom is 0.349 e. The third-order valence-electron chi connectivity index (χ3n) is 5.32. The van der Waals surface area contributed by atoms with Crippen LogP contribution in [-0.2, 0) is 6.54 Å². The van der Waals surface area contributed by atoms with Crippen molar-refractivity contribution in [2.45, 2.75) is 13.5 Å². The first-order valence-corrected chi connectivity index (χ1v) is 9.77. The van der Waals surface area contributed by atoms with Gasteiger partial charge < -0.3 is 14.2 Å². The summed E-state index contributed by atoms with van der Waals surface area (Å²) in [7, 11) is 0. The standard InChI is InChI=1S/C20H19N7O3/c1-2-27-18-16(23-24-27)17(21-12-22-18)25-7-9-26(10-8-25)19(28)14-11-13-5-3-4-6-15(13)30-20(14)29/h3-6,11-12H,2,7-10H2,1H3. The van der Waals surface area contributed by atoms with Crippen LogP contribution in [0.15, 0.2) is 45.9 Å². The predicted octanol–water partition coefficient (Wildman–Crippen LogP) is 1.31. The third-order valence-corrected chi connectivity index (χ3v) is 5.32. The van der Waals surface area contributed by atoms with Crippen molar-refractivity contribution in [3.05, 3.63) is 52.6 Å². The van der Waals surface area contributed by atoms with Crippen molar-refractivity contribution in [2.75, 3.05) is 31.1 Å². The third kappa shape index (κ3) is 2.97. The van der Waals surface area contributed by atoms with Crippen LogP contribution in [0, 0.1) is 0 Å². The van der Waals surface area contributed by atoms with E-state index in [0.717, 1.165) is 5.39 Å². The molecule has 1 amide bonds. The molecular formula is C20H19N7O3. The minimum atomic E-state index is -0.616. The van der Waals surface area contributed by atoms with Gasteiger partial charge in [0.1, 0.15) is 17.5 Å². The molecule has 0 spiro atoms. The molecule has 4 heterocycles. The molecule has 1 aliphatic heterocycles. The van der Waals surface area contributed by atoms with E-state index in [9.17, 15) is 9.59 Å². The molecule has 1 fully saturated rings. The zero-order valence-electron chi connectivity index (χ0n) is 16.4. The number of anilines is 1. The molecule has 1 saturated heterocycles. The second-order valence-corrected chi connectivity index (χ2v) is 7.04. The quantitative estimate of drug-likeness (QED) is 0.469. The van der Waals surface area contributed by atoms with Crippen molar-refractivity contribution in [2.24, 2.45) is 0 Å². The van der Waals surface area contributed by atoms with Crippen molar-refractivity contribution in [1.82, 2.24) is 29.9 Å². The number of benzene rings is 1. The van der Waals surface area contributed by atoms with E-state index in [0.29, 0.717) is 55.3 Å². The van der Waals surface area contributed by atoms with E-state index in [1.165, 1.54) is 6.33 Å². The molecular weight excluding hydrogens is 386 g/mol. The molecule has 0 atom stereocenters. The second-order valence-electron chi connectivity index (χ2n) is 7.04. The minimum absolute atomic E-state index is 0.0532. The molecule has 0 saturated carbocycles. The Kier molecular flexibility index (Phi) is 4.38. The maximum atomic E-state index is 13.0. The first-order chi connectivity index (χ1) is 14.7.